The van der Waals surface area contributed by atoms with Crippen LogP contribution in [0.2, 0.25) is 5.02 Å². The molecule has 0 saturated carbocycles. The van der Waals surface area contributed by atoms with Crippen molar-refractivity contribution < 1.29 is 66.9 Å². The van der Waals surface area contributed by atoms with Crippen molar-refractivity contribution in [3.05, 3.63) is 35.5 Å². The minimum atomic E-state index is -6.03. The van der Waals surface area contributed by atoms with Crippen molar-refractivity contribution in [2.24, 2.45) is 0 Å². The molecule has 0 spiro atoms. The van der Waals surface area contributed by atoms with Gasteiger partial charge in [0.1, 0.15) is 31.1 Å². The Morgan fingerprint density at radius 3 is 1.75 bits per heavy atom. The van der Waals surface area contributed by atoms with Crippen LogP contribution in [0.4, 0.5) is 52.7 Å². The van der Waals surface area contributed by atoms with Crippen LogP contribution in [-0.4, -0.2) is 67.6 Å². The van der Waals surface area contributed by atoms with E-state index in [4.69, 9.17) is 16.3 Å². The van der Waals surface area contributed by atoms with Crippen LogP contribution in [0.25, 0.3) is 10.9 Å². The molecule has 36 heavy (non-hydrogen) atoms. The van der Waals surface area contributed by atoms with Crippen molar-refractivity contribution in [2.45, 2.75) is 42.8 Å². The molecule has 0 fully saturated rings. The molecule has 204 valence electrons. The summed E-state index contributed by atoms with van der Waals surface area (Å²) < 4.78 is 168. The third-order valence-corrected chi connectivity index (χ3v) is 4.62. The fourth-order valence-electron chi connectivity index (χ4n) is 2.56. The largest absolute Gasteiger partial charge is 0.486 e. The van der Waals surface area contributed by atoms with Gasteiger partial charge < -0.3 is 14.2 Å². The SMILES string of the molecule is FC(C(F)(F)F)C(F)(F)COC(COc1ccc(Cl)c2cccnc12)OCC(F)(F)C(F)C(F)(F)F. The van der Waals surface area contributed by atoms with Gasteiger partial charge in [0.25, 0.3) is 12.3 Å². The monoisotopic (exact) mass is 567 g/mol. The molecule has 0 aliphatic carbocycles. The van der Waals surface area contributed by atoms with Gasteiger partial charge in [-0.15, -0.1) is 0 Å². The molecular weight excluding hydrogens is 554 g/mol. The lowest BCUT2D eigenvalue weighted by molar-refractivity contribution is -0.288. The summed E-state index contributed by atoms with van der Waals surface area (Å²) in [5.74, 6) is -10.7. The normalized spacial score (nSPS) is 16.1. The first-order chi connectivity index (χ1) is 16.4. The maximum Gasteiger partial charge on any atom is 0.425 e. The average Bonchev–Trinajstić information content (AvgIpc) is 2.77. The van der Waals surface area contributed by atoms with E-state index in [1.807, 2.05) is 0 Å². The van der Waals surface area contributed by atoms with E-state index in [9.17, 15) is 52.7 Å². The highest BCUT2D eigenvalue weighted by Crippen LogP contribution is 2.37. The Morgan fingerprint density at radius 2 is 1.28 bits per heavy atom. The highest BCUT2D eigenvalue weighted by Gasteiger charge is 2.58. The number of alkyl halides is 12. The van der Waals surface area contributed by atoms with Crippen LogP contribution in [0.15, 0.2) is 30.5 Å². The van der Waals surface area contributed by atoms with E-state index in [1.165, 1.54) is 24.4 Å². The molecule has 0 radical (unpaired) electrons. The minimum absolute atomic E-state index is 0.0289. The molecule has 2 unspecified atom stereocenters. The van der Waals surface area contributed by atoms with Crippen molar-refractivity contribution in [3.63, 3.8) is 0 Å². The molecule has 0 aliphatic rings. The van der Waals surface area contributed by atoms with Crippen LogP contribution < -0.4 is 4.74 Å². The van der Waals surface area contributed by atoms with Crippen molar-refractivity contribution in [2.75, 3.05) is 19.8 Å². The first-order valence-corrected chi connectivity index (χ1v) is 9.80. The number of rotatable bonds is 11. The number of halogens is 13. The summed E-state index contributed by atoms with van der Waals surface area (Å²) in [5.41, 5.74) is 0.0289. The van der Waals surface area contributed by atoms with Crippen molar-refractivity contribution in [1.29, 1.82) is 0 Å². The van der Waals surface area contributed by atoms with Gasteiger partial charge in [0, 0.05) is 11.6 Å². The topological polar surface area (TPSA) is 40.6 Å². The molecule has 0 aliphatic heterocycles. The van der Waals surface area contributed by atoms with E-state index in [0.29, 0.717) is 0 Å². The number of aromatic nitrogens is 1. The van der Waals surface area contributed by atoms with Crippen molar-refractivity contribution in [3.8, 4) is 5.75 Å². The molecule has 1 heterocycles. The van der Waals surface area contributed by atoms with Gasteiger partial charge in [0.15, 0.2) is 6.29 Å². The first-order valence-electron chi connectivity index (χ1n) is 9.42. The van der Waals surface area contributed by atoms with Gasteiger partial charge in [0.05, 0.1) is 5.02 Å². The molecule has 2 aromatic rings. The zero-order valence-electron chi connectivity index (χ0n) is 17.3. The van der Waals surface area contributed by atoms with Gasteiger partial charge in [-0.3, -0.25) is 4.98 Å². The maximum atomic E-state index is 13.6. The number of benzene rings is 1. The molecule has 0 N–H and O–H groups in total. The predicted molar refractivity (Wildman–Crippen MR) is 99.7 cm³/mol. The third kappa shape index (κ3) is 7.65. The van der Waals surface area contributed by atoms with Crippen molar-refractivity contribution >= 4 is 22.5 Å². The van der Waals surface area contributed by atoms with E-state index in [0.717, 1.165) is 6.07 Å². The Kier molecular flexibility index (Phi) is 9.21. The van der Waals surface area contributed by atoms with Crippen LogP contribution >= 0.6 is 11.6 Å². The zero-order valence-corrected chi connectivity index (χ0v) is 18.1. The van der Waals surface area contributed by atoms with Gasteiger partial charge in [-0.25, -0.2) is 26.3 Å². The van der Waals surface area contributed by atoms with Crippen LogP contribution in [0.1, 0.15) is 0 Å². The summed E-state index contributed by atoms with van der Waals surface area (Å²) in [4.78, 5) is 3.91. The Labute approximate surface area is 199 Å². The fourth-order valence-corrected chi connectivity index (χ4v) is 2.78. The molecule has 1 aromatic carbocycles. The summed E-state index contributed by atoms with van der Waals surface area (Å²) >= 11 is 5.96. The quantitative estimate of drug-likeness (QED) is 0.224. The molecule has 2 atom stereocenters. The van der Waals surface area contributed by atoms with Crippen LogP contribution in [0.3, 0.4) is 0 Å². The summed E-state index contributed by atoms with van der Waals surface area (Å²) in [6.07, 6.45) is -22.8. The van der Waals surface area contributed by atoms with Gasteiger partial charge in [-0.05, 0) is 24.3 Å². The molecular formula is C19H14ClF12NO3. The standard InChI is InChI=1S/C19H14ClF12NO3/c20-10-3-4-11(13-9(10)2-1-5-33-13)34-6-12(35-7-16(23,24)14(21)18(27,28)29)36-8-17(25,26)15(22)19(30,31)32/h1-5,12,14-15H,6-8H2. The van der Waals surface area contributed by atoms with Gasteiger partial charge in [-0.2, -0.15) is 26.3 Å². The van der Waals surface area contributed by atoms with Gasteiger partial charge >= 0.3 is 24.2 Å². The Balaban J connectivity index is 2.21. The fraction of sp³-hybridized carbons (Fsp3) is 0.526. The maximum absolute atomic E-state index is 13.6. The smallest absolute Gasteiger partial charge is 0.425 e. The van der Waals surface area contributed by atoms with E-state index in [2.05, 4.69) is 14.5 Å². The summed E-state index contributed by atoms with van der Waals surface area (Å²) in [5, 5.41) is 0.445. The zero-order chi connectivity index (χ0) is 27.5. The highest BCUT2D eigenvalue weighted by molar-refractivity contribution is 6.35. The van der Waals surface area contributed by atoms with Crippen LogP contribution in [0.5, 0.6) is 5.75 Å². The number of ether oxygens (including phenoxy) is 3. The Morgan fingerprint density at radius 1 is 0.778 bits per heavy atom. The lowest BCUT2D eigenvalue weighted by Crippen LogP contribution is -2.48. The highest BCUT2D eigenvalue weighted by atomic mass is 35.5. The Bertz CT molecular complexity index is 981. The number of pyridine rings is 1. The molecule has 0 saturated heterocycles. The predicted octanol–water partition coefficient (Wildman–Crippen LogP) is 6.70. The van der Waals surface area contributed by atoms with Gasteiger partial charge in [0.2, 0.25) is 0 Å². The Hall–Kier alpha value is -2.20. The van der Waals surface area contributed by atoms with E-state index >= 15 is 0 Å². The van der Waals surface area contributed by atoms with Crippen LogP contribution in [0, 0.1) is 0 Å². The average molecular weight is 568 g/mol. The molecule has 4 nitrogen and oxygen atoms in total. The van der Waals surface area contributed by atoms with Crippen LogP contribution in [-0.2, 0) is 9.47 Å². The van der Waals surface area contributed by atoms with E-state index < -0.39 is 62.7 Å². The number of hydrogen-bond donors (Lipinski definition) is 0. The second-order valence-electron chi connectivity index (χ2n) is 7.14. The minimum Gasteiger partial charge on any atom is -0.486 e. The molecule has 2 rings (SSSR count). The van der Waals surface area contributed by atoms with Crippen molar-refractivity contribution in [1.82, 2.24) is 4.98 Å². The number of fused-ring (bicyclic) bond motifs is 1. The second-order valence-corrected chi connectivity index (χ2v) is 7.55. The first kappa shape index (κ1) is 30.0. The summed E-state index contributed by atoms with van der Waals surface area (Å²) in [6, 6.07) is 5.33. The van der Waals surface area contributed by atoms with Gasteiger partial charge in [-0.1, -0.05) is 11.6 Å². The lowest BCUT2D eigenvalue weighted by Gasteiger charge is -2.27. The molecule has 1 aromatic heterocycles. The lowest BCUT2D eigenvalue weighted by atomic mass is 10.2. The summed E-state index contributed by atoms with van der Waals surface area (Å²) in [6.45, 7) is -6.03. The third-order valence-electron chi connectivity index (χ3n) is 4.29. The number of nitrogens with zero attached hydrogens (tertiary/aromatic N) is 1. The molecule has 0 bridgehead atoms. The van der Waals surface area contributed by atoms with E-state index in [-0.39, 0.29) is 21.7 Å². The molecule has 17 heteroatoms. The number of hydrogen-bond acceptors (Lipinski definition) is 4. The van der Waals surface area contributed by atoms with E-state index in [1.54, 1.807) is 0 Å². The molecule has 0 amide bonds. The summed E-state index contributed by atoms with van der Waals surface area (Å²) in [7, 11) is 0. The second kappa shape index (κ2) is 11.0.